The summed E-state index contributed by atoms with van der Waals surface area (Å²) in [5.41, 5.74) is -1.01. The van der Waals surface area contributed by atoms with Gasteiger partial charge in [0.15, 0.2) is 0 Å². The molecular weight excluding hydrogens is 275 g/mol. The topological polar surface area (TPSA) is 55.4 Å². The third kappa shape index (κ3) is 4.56. The van der Waals surface area contributed by atoms with Crippen LogP contribution >= 0.6 is 0 Å². The minimum atomic E-state index is -4.51. The molecule has 7 heteroatoms. The predicted octanol–water partition coefficient (Wildman–Crippen LogP) is 2.39. The summed E-state index contributed by atoms with van der Waals surface area (Å²) in [5, 5.41) is 2.43. The zero-order valence-corrected chi connectivity index (χ0v) is 11.0. The number of methoxy groups -OCH3 is 1. The third-order valence-corrected chi connectivity index (χ3v) is 2.53. The fourth-order valence-electron chi connectivity index (χ4n) is 1.53. The molecule has 110 valence electrons. The fraction of sp³-hybridized carbons (Fsp3) is 0.385. The van der Waals surface area contributed by atoms with Gasteiger partial charge in [-0.2, -0.15) is 13.2 Å². The molecule has 1 rings (SSSR count). The maximum absolute atomic E-state index is 12.5. The van der Waals surface area contributed by atoms with Crippen molar-refractivity contribution < 1.29 is 27.5 Å². The van der Waals surface area contributed by atoms with Crippen molar-refractivity contribution in [1.82, 2.24) is 5.32 Å². The highest BCUT2D eigenvalue weighted by molar-refractivity contribution is 5.94. The first-order valence-corrected chi connectivity index (χ1v) is 5.79. The molecule has 0 aliphatic carbocycles. The Balaban J connectivity index is 2.75. The highest BCUT2D eigenvalue weighted by Gasteiger charge is 2.31. The first-order valence-electron chi connectivity index (χ1n) is 5.79. The smallest absolute Gasteiger partial charge is 0.416 e. The standard InChI is InChI=1S/C13H14F3NO3/c1-8(6-11(18)20-2)17-12(19)9-4-3-5-10(7-9)13(14,15)16/h3-5,7-8H,6H2,1-2H3,(H,17,19). The van der Waals surface area contributed by atoms with Crippen LogP contribution in [-0.2, 0) is 15.7 Å². The molecule has 0 fully saturated rings. The molecule has 1 unspecified atom stereocenters. The largest absolute Gasteiger partial charge is 0.469 e. The van der Waals surface area contributed by atoms with E-state index in [0.29, 0.717) is 0 Å². The van der Waals surface area contributed by atoms with Crippen LogP contribution in [0.5, 0.6) is 0 Å². The van der Waals surface area contributed by atoms with Gasteiger partial charge in [-0.05, 0) is 25.1 Å². The van der Waals surface area contributed by atoms with E-state index in [9.17, 15) is 22.8 Å². The van der Waals surface area contributed by atoms with Gasteiger partial charge in [0.1, 0.15) is 0 Å². The summed E-state index contributed by atoms with van der Waals surface area (Å²) in [6, 6.07) is 3.54. The molecule has 0 aromatic heterocycles. The number of carbonyl (C=O) groups excluding carboxylic acids is 2. The number of esters is 1. The van der Waals surface area contributed by atoms with Crippen LogP contribution in [-0.4, -0.2) is 25.0 Å². The van der Waals surface area contributed by atoms with Crippen molar-refractivity contribution in [2.24, 2.45) is 0 Å². The van der Waals surface area contributed by atoms with Crippen LogP contribution in [0.3, 0.4) is 0 Å². The van der Waals surface area contributed by atoms with Gasteiger partial charge in [-0.25, -0.2) is 0 Å². The lowest BCUT2D eigenvalue weighted by atomic mass is 10.1. The molecule has 0 radical (unpaired) electrons. The molecule has 1 aromatic rings. The fourth-order valence-corrected chi connectivity index (χ4v) is 1.53. The second-order valence-corrected chi connectivity index (χ2v) is 4.23. The summed E-state index contributed by atoms with van der Waals surface area (Å²) in [6.45, 7) is 1.56. The zero-order chi connectivity index (χ0) is 15.3. The van der Waals surface area contributed by atoms with Crippen LogP contribution in [0.15, 0.2) is 24.3 Å². The average molecular weight is 289 g/mol. The Kier molecular flexibility index (Phi) is 5.12. The number of amides is 1. The summed E-state index contributed by atoms with van der Waals surface area (Å²) >= 11 is 0. The van der Waals surface area contributed by atoms with Gasteiger partial charge in [0.25, 0.3) is 5.91 Å². The Morgan fingerprint density at radius 2 is 2.00 bits per heavy atom. The van der Waals surface area contributed by atoms with E-state index in [-0.39, 0.29) is 12.0 Å². The van der Waals surface area contributed by atoms with Gasteiger partial charge >= 0.3 is 12.1 Å². The second-order valence-electron chi connectivity index (χ2n) is 4.23. The molecule has 0 bridgehead atoms. The minimum Gasteiger partial charge on any atom is -0.469 e. The Hall–Kier alpha value is -2.05. The number of alkyl halides is 3. The van der Waals surface area contributed by atoms with Gasteiger partial charge < -0.3 is 10.1 Å². The van der Waals surface area contributed by atoms with Crippen LogP contribution < -0.4 is 5.32 Å². The van der Waals surface area contributed by atoms with Crippen LogP contribution in [0.1, 0.15) is 29.3 Å². The zero-order valence-electron chi connectivity index (χ0n) is 11.0. The predicted molar refractivity (Wildman–Crippen MR) is 65.0 cm³/mol. The van der Waals surface area contributed by atoms with E-state index in [2.05, 4.69) is 10.1 Å². The summed E-state index contributed by atoms with van der Waals surface area (Å²) < 4.78 is 42.0. The number of hydrogen-bond acceptors (Lipinski definition) is 3. The second kappa shape index (κ2) is 6.40. The van der Waals surface area contributed by atoms with Crippen LogP contribution in [0.25, 0.3) is 0 Å². The van der Waals surface area contributed by atoms with E-state index < -0.39 is 29.7 Å². The van der Waals surface area contributed by atoms with Gasteiger partial charge in [0, 0.05) is 11.6 Å². The molecule has 0 saturated carbocycles. The number of carbonyl (C=O) groups is 2. The molecule has 0 heterocycles. The van der Waals surface area contributed by atoms with E-state index in [1.807, 2.05) is 0 Å². The Morgan fingerprint density at radius 1 is 1.35 bits per heavy atom. The quantitative estimate of drug-likeness (QED) is 0.866. The van der Waals surface area contributed by atoms with Crippen molar-refractivity contribution in [3.63, 3.8) is 0 Å². The Morgan fingerprint density at radius 3 is 2.55 bits per heavy atom. The Bertz CT molecular complexity index is 500. The van der Waals surface area contributed by atoms with Gasteiger partial charge in [-0.3, -0.25) is 9.59 Å². The number of halogens is 3. The van der Waals surface area contributed by atoms with Crippen molar-refractivity contribution in [3.05, 3.63) is 35.4 Å². The van der Waals surface area contributed by atoms with Crippen molar-refractivity contribution >= 4 is 11.9 Å². The van der Waals surface area contributed by atoms with Crippen LogP contribution in [0.4, 0.5) is 13.2 Å². The number of hydrogen-bond donors (Lipinski definition) is 1. The minimum absolute atomic E-state index is 0.0544. The number of nitrogens with one attached hydrogen (secondary N) is 1. The van der Waals surface area contributed by atoms with Gasteiger partial charge in [-0.1, -0.05) is 6.07 Å². The van der Waals surface area contributed by atoms with Crippen molar-refractivity contribution in [2.75, 3.05) is 7.11 Å². The SMILES string of the molecule is COC(=O)CC(C)NC(=O)c1cccc(C(F)(F)F)c1. The molecule has 1 atom stereocenters. The van der Waals surface area contributed by atoms with E-state index in [1.165, 1.54) is 13.2 Å². The molecule has 0 saturated heterocycles. The summed E-state index contributed by atoms with van der Waals surface area (Å²) in [4.78, 5) is 22.8. The summed E-state index contributed by atoms with van der Waals surface area (Å²) in [5.74, 6) is -1.19. The Labute approximate surface area is 113 Å². The van der Waals surface area contributed by atoms with Crippen molar-refractivity contribution in [2.45, 2.75) is 25.6 Å². The first-order chi connectivity index (χ1) is 9.24. The van der Waals surface area contributed by atoms with Crippen molar-refractivity contribution in [3.8, 4) is 0 Å². The van der Waals surface area contributed by atoms with E-state index >= 15 is 0 Å². The normalized spacial score (nSPS) is 12.7. The van der Waals surface area contributed by atoms with E-state index in [4.69, 9.17) is 0 Å². The molecule has 20 heavy (non-hydrogen) atoms. The average Bonchev–Trinajstić information content (AvgIpc) is 2.37. The van der Waals surface area contributed by atoms with Crippen molar-refractivity contribution in [1.29, 1.82) is 0 Å². The third-order valence-electron chi connectivity index (χ3n) is 2.53. The van der Waals surface area contributed by atoms with Crippen LogP contribution in [0.2, 0.25) is 0 Å². The van der Waals surface area contributed by atoms with E-state index in [1.54, 1.807) is 6.92 Å². The van der Waals surface area contributed by atoms with Crippen LogP contribution in [0, 0.1) is 0 Å². The van der Waals surface area contributed by atoms with E-state index in [0.717, 1.165) is 18.2 Å². The molecule has 1 aromatic carbocycles. The van der Waals surface area contributed by atoms with Gasteiger partial charge in [0.2, 0.25) is 0 Å². The van der Waals surface area contributed by atoms with Gasteiger partial charge in [-0.15, -0.1) is 0 Å². The molecule has 0 aliphatic heterocycles. The summed E-state index contributed by atoms with van der Waals surface area (Å²) in [7, 11) is 1.21. The molecule has 0 spiro atoms. The lowest BCUT2D eigenvalue weighted by molar-refractivity contribution is -0.141. The highest BCUT2D eigenvalue weighted by atomic mass is 19.4. The molecular formula is C13H14F3NO3. The van der Waals surface area contributed by atoms with Gasteiger partial charge in [0.05, 0.1) is 19.1 Å². The maximum Gasteiger partial charge on any atom is 0.416 e. The molecule has 0 aliphatic rings. The molecule has 1 N–H and O–H groups in total. The monoisotopic (exact) mass is 289 g/mol. The first kappa shape index (κ1) is 16.0. The highest BCUT2D eigenvalue weighted by Crippen LogP contribution is 2.29. The lowest BCUT2D eigenvalue weighted by Crippen LogP contribution is -2.34. The maximum atomic E-state index is 12.5. The molecule has 4 nitrogen and oxygen atoms in total. The number of rotatable bonds is 4. The number of ether oxygens (including phenoxy) is 1. The molecule has 1 amide bonds. The lowest BCUT2D eigenvalue weighted by Gasteiger charge is -2.13. The number of benzene rings is 1. The summed E-state index contributed by atoms with van der Waals surface area (Å²) in [6.07, 6.45) is -4.56.